The van der Waals surface area contributed by atoms with E-state index in [2.05, 4.69) is 10.6 Å². The summed E-state index contributed by atoms with van der Waals surface area (Å²) in [6.45, 7) is 1.60. The first-order valence-electron chi connectivity index (χ1n) is 9.27. The van der Waals surface area contributed by atoms with Crippen molar-refractivity contribution >= 4 is 33.3 Å². The molecular weight excluding hydrogens is 415 g/mol. The van der Waals surface area contributed by atoms with Gasteiger partial charge in [0.1, 0.15) is 5.82 Å². The summed E-state index contributed by atoms with van der Waals surface area (Å²) in [7, 11) is -2.41. The van der Waals surface area contributed by atoms with Crippen LogP contribution < -0.4 is 10.6 Å². The lowest BCUT2D eigenvalue weighted by Crippen LogP contribution is -2.61. The first kappa shape index (κ1) is 20.0. The normalized spacial score (nSPS) is 25.4. The molecule has 2 aliphatic rings. The highest BCUT2D eigenvalue weighted by Gasteiger charge is 2.43. The smallest absolute Gasteiger partial charge is 0.239 e. The van der Waals surface area contributed by atoms with Crippen molar-refractivity contribution in [2.45, 2.75) is 31.3 Å². The zero-order chi connectivity index (χ0) is 21.0. The van der Waals surface area contributed by atoms with Crippen LogP contribution in [-0.2, 0) is 22.0 Å². The standard InChI is InChI=1S/C20H22ClFN4O2S/c1-20(11-29(27,28)26(2)19(23)25-20)16-10-14(5-7-17(16)22)24-18-8-3-12-9-13(21)4-6-15(12)18/h4-7,9-10,18,24H,3,8,11H2,1-2H3,(H2,23,25)/t18-,20-/m0/s1. The van der Waals surface area contributed by atoms with Gasteiger partial charge in [-0.2, -0.15) is 0 Å². The number of guanidine groups is 1. The first-order valence-corrected chi connectivity index (χ1v) is 11.3. The van der Waals surface area contributed by atoms with Crippen LogP contribution in [0.3, 0.4) is 0 Å². The van der Waals surface area contributed by atoms with Crippen molar-refractivity contribution in [3.63, 3.8) is 0 Å². The Bertz CT molecular complexity index is 1110. The molecule has 3 N–H and O–H groups in total. The van der Waals surface area contributed by atoms with Gasteiger partial charge in [-0.15, -0.1) is 0 Å². The fraction of sp³-hybridized carbons (Fsp3) is 0.350. The minimum atomic E-state index is -3.72. The van der Waals surface area contributed by atoms with Crippen LogP contribution in [0.15, 0.2) is 36.4 Å². The molecular formula is C20H22ClFN4O2S. The van der Waals surface area contributed by atoms with Crippen molar-refractivity contribution in [2.75, 3.05) is 18.1 Å². The highest BCUT2D eigenvalue weighted by Crippen LogP contribution is 2.37. The van der Waals surface area contributed by atoms with Crippen LogP contribution >= 0.6 is 11.6 Å². The van der Waals surface area contributed by atoms with Crippen LogP contribution in [0.1, 0.15) is 36.1 Å². The predicted molar refractivity (Wildman–Crippen MR) is 112 cm³/mol. The van der Waals surface area contributed by atoms with Gasteiger partial charge in [0.2, 0.25) is 16.0 Å². The van der Waals surface area contributed by atoms with E-state index >= 15 is 0 Å². The van der Waals surface area contributed by atoms with Crippen LogP contribution in [0.4, 0.5) is 10.1 Å². The van der Waals surface area contributed by atoms with Crippen LogP contribution in [0.2, 0.25) is 5.02 Å². The second-order valence-corrected chi connectivity index (χ2v) is 10.2. The van der Waals surface area contributed by atoms with Gasteiger partial charge in [-0.1, -0.05) is 17.7 Å². The summed E-state index contributed by atoms with van der Waals surface area (Å²) in [5.41, 5.74) is 2.01. The third-order valence-electron chi connectivity index (χ3n) is 5.68. The molecule has 0 aromatic heterocycles. The van der Waals surface area contributed by atoms with E-state index < -0.39 is 21.4 Å². The first-order chi connectivity index (χ1) is 13.6. The number of nitrogens with zero attached hydrogens (tertiary/aromatic N) is 1. The zero-order valence-corrected chi connectivity index (χ0v) is 17.7. The Morgan fingerprint density at radius 2 is 2.07 bits per heavy atom. The fourth-order valence-corrected chi connectivity index (χ4v) is 5.77. The summed E-state index contributed by atoms with van der Waals surface area (Å²) in [5, 5.41) is 14.9. The molecule has 4 rings (SSSR count). The van der Waals surface area contributed by atoms with E-state index in [1.165, 1.54) is 18.7 Å². The molecule has 1 aliphatic heterocycles. The molecule has 1 aliphatic carbocycles. The summed E-state index contributed by atoms with van der Waals surface area (Å²) in [6, 6.07) is 10.5. The molecule has 29 heavy (non-hydrogen) atoms. The molecule has 0 amide bonds. The molecule has 2 aromatic rings. The van der Waals surface area contributed by atoms with Gasteiger partial charge in [-0.3, -0.25) is 5.41 Å². The van der Waals surface area contributed by atoms with E-state index in [-0.39, 0.29) is 23.3 Å². The SMILES string of the molecule is CN1C(=N)N[C@](C)(c2cc(N[C@H]3CCc4cc(Cl)ccc43)ccc2F)CS1(=O)=O. The molecule has 0 radical (unpaired) electrons. The zero-order valence-electron chi connectivity index (χ0n) is 16.1. The van der Waals surface area contributed by atoms with Crippen molar-refractivity contribution < 1.29 is 12.8 Å². The van der Waals surface area contributed by atoms with Crippen LogP contribution in [-0.4, -0.2) is 31.5 Å². The number of fused-ring (bicyclic) bond motifs is 1. The summed E-state index contributed by atoms with van der Waals surface area (Å²) >= 11 is 6.08. The number of sulfonamides is 1. The molecule has 2 aromatic carbocycles. The lowest BCUT2D eigenvalue weighted by Gasteiger charge is -2.40. The van der Waals surface area contributed by atoms with Gasteiger partial charge in [0.05, 0.1) is 17.3 Å². The number of anilines is 1. The van der Waals surface area contributed by atoms with Gasteiger partial charge in [-0.05, 0) is 61.2 Å². The summed E-state index contributed by atoms with van der Waals surface area (Å²) in [6.07, 6.45) is 1.80. The lowest BCUT2D eigenvalue weighted by molar-refractivity contribution is 0.403. The Morgan fingerprint density at radius 3 is 2.79 bits per heavy atom. The third kappa shape index (κ3) is 3.55. The van der Waals surface area contributed by atoms with Crippen LogP contribution in [0.5, 0.6) is 0 Å². The van der Waals surface area contributed by atoms with E-state index in [4.69, 9.17) is 17.0 Å². The topological polar surface area (TPSA) is 85.3 Å². The molecule has 0 saturated carbocycles. The van der Waals surface area contributed by atoms with Crippen molar-refractivity contribution in [3.8, 4) is 0 Å². The number of halogens is 2. The molecule has 154 valence electrons. The number of hydrogen-bond acceptors (Lipinski definition) is 4. The Balaban J connectivity index is 1.65. The summed E-state index contributed by atoms with van der Waals surface area (Å²) < 4.78 is 40.4. The minimum Gasteiger partial charge on any atom is -0.378 e. The van der Waals surface area contributed by atoms with E-state index in [1.807, 2.05) is 18.2 Å². The summed E-state index contributed by atoms with van der Waals surface area (Å²) in [5.74, 6) is -1.14. The average Bonchev–Trinajstić information content (AvgIpc) is 3.02. The monoisotopic (exact) mass is 436 g/mol. The maximum atomic E-state index is 14.7. The Labute approximate surface area is 174 Å². The Kier molecular flexibility index (Phi) is 4.74. The van der Waals surface area contributed by atoms with Crippen molar-refractivity contribution in [3.05, 3.63) is 63.9 Å². The number of nitrogens with one attached hydrogen (secondary N) is 3. The molecule has 1 heterocycles. The molecule has 9 heteroatoms. The maximum absolute atomic E-state index is 14.7. The summed E-state index contributed by atoms with van der Waals surface area (Å²) in [4.78, 5) is 0. The molecule has 6 nitrogen and oxygen atoms in total. The largest absolute Gasteiger partial charge is 0.378 e. The number of benzene rings is 2. The van der Waals surface area contributed by atoms with E-state index in [0.717, 1.165) is 22.7 Å². The molecule has 2 atom stereocenters. The fourth-order valence-electron chi connectivity index (χ4n) is 4.10. The molecule has 0 spiro atoms. The molecule has 0 unspecified atom stereocenters. The predicted octanol–water partition coefficient (Wildman–Crippen LogP) is 3.59. The van der Waals surface area contributed by atoms with Gasteiger partial charge in [-0.25, -0.2) is 17.1 Å². The number of hydrogen-bond donors (Lipinski definition) is 3. The average molecular weight is 437 g/mol. The van der Waals surface area contributed by atoms with Crippen LogP contribution in [0, 0.1) is 11.2 Å². The lowest BCUT2D eigenvalue weighted by atomic mass is 9.92. The third-order valence-corrected chi connectivity index (χ3v) is 7.88. The Hall–Kier alpha value is -2.32. The Morgan fingerprint density at radius 1 is 1.31 bits per heavy atom. The van der Waals surface area contributed by atoms with Gasteiger partial charge in [0.15, 0.2) is 0 Å². The molecule has 1 saturated heterocycles. The highest BCUT2D eigenvalue weighted by molar-refractivity contribution is 7.89. The van der Waals surface area contributed by atoms with E-state index in [9.17, 15) is 12.8 Å². The van der Waals surface area contributed by atoms with Crippen LogP contribution in [0.25, 0.3) is 0 Å². The van der Waals surface area contributed by atoms with Gasteiger partial charge in [0, 0.05) is 23.3 Å². The number of aryl methyl sites for hydroxylation is 1. The quantitative estimate of drug-likeness (QED) is 0.686. The van der Waals surface area contributed by atoms with Gasteiger partial charge in [0.25, 0.3) is 0 Å². The van der Waals surface area contributed by atoms with Crippen molar-refractivity contribution in [1.29, 1.82) is 5.41 Å². The minimum absolute atomic E-state index is 0.0702. The van der Waals surface area contributed by atoms with Gasteiger partial charge < -0.3 is 10.6 Å². The number of rotatable bonds is 3. The highest BCUT2D eigenvalue weighted by atomic mass is 35.5. The molecule has 1 fully saturated rings. The second kappa shape index (κ2) is 6.88. The van der Waals surface area contributed by atoms with E-state index in [1.54, 1.807) is 19.1 Å². The van der Waals surface area contributed by atoms with Crippen molar-refractivity contribution in [1.82, 2.24) is 9.62 Å². The van der Waals surface area contributed by atoms with E-state index in [0.29, 0.717) is 10.7 Å². The molecule has 0 bridgehead atoms. The van der Waals surface area contributed by atoms with Crippen molar-refractivity contribution in [2.24, 2.45) is 0 Å². The maximum Gasteiger partial charge on any atom is 0.239 e. The van der Waals surface area contributed by atoms with Gasteiger partial charge >= 0.3 is 0 Å². The second-order valence-electron chi connectivity index (χ2n) is 7.80.